The van der Waals surface area contributed by atoms with Crippen LogP contribution in [0.1, 0.15) is 31.9 Å². The number of nitrogens with zero attached hydrogens (tertiary/aromatic N) is 1. The average molecular weight is 180 g/mol. The van der Waals surface area contributed by atoms with Gasteiger partial charge in [-0.1, -0.05) is 0 Å². The lowest BCUT2D eigenvalue weighted by Gasteiger charge is -2.01. The normalized spacial score (nSPS) is 10.8. The summed E-state index contributed by atoms with van der Waals surface area (Å²) in [5.74, 6) is 0. The van der Waals surface area contributed by atoms with Gasteiger partial charge in [-0.15, -0.1) is 0 Å². The maximum atomic E-state index is 8.67. The summed E-state index contributed by atoms with van der Waals surface area (Å²) in [7, 11) is 0. The molecule has 0 radical (unpaired) electrons. The molecule has 1 aromatic heterocycles. The summed E-state index contributed by atoms with van der Waals surface area (Å²) in [6.45, 7) is 4.60. The Hall–Kier alpha value is -0.890. The molecule has 0 fully saturated rings. The first-order valence-electron chi connectivity index (χ1n) is 4.84. The van der Waals surface area contributed by atoms with E-state index in [-0.39, 0.29) is 6.61 Å². The van der Waals surface area contributed by atoms with E-state index in [2.05, 4.69) is 42.9 Å². The van der Waals surface area contributed by atoms with Gasteiger partial charge in [0.05, 0.1) is 0 Å². The number of aromatic nitrogens is 1. The van der Waals surface area contributed by atoms with Crippen molar-refractivity contribution in [3.05, 3.63) is 30.1 Å². The molecule has 0 saturated heterocycles. The lowest BCUT2D eigenvalue weighted by molar-refractivity contribution is -0.716. The Balaban J connectivity index is 2.59. The fourth-order valence-electron chi connectivity index (χ4n) is 1.26. The minimum Gasteiger partial charge on any atom is -0.396 e. The molecule has 1 heterocycles. The minimum absolute atomic E-state index is 0.277. The van der Waals surface area contributed by atoms with Gasteiger partial charge in [0.15, 0.2) is 18.4 Å². The molecule has 0 aliphatic carbocycles. The number of aliphatic hydroxyl groups is 1. The molecule has 0 unspecified atom stereocenters. The predicted molar refractivity (Wildman–Crippen MR) is 52.4 cm³/mol. The molecule has 0 bridgehead atoms. The molecule has 0 aliphatic rings. The molecule has 2 nitrogen and oxygen atoms in total. The second kappa shape index (κ2) is 4.97. The van der Waals surface area contributed by atoms with E-state index in [1.165, 1.54) is 5.56 Å². The quantitative estimate of drug-likeness (QED) is 0.697. The first-order chi connectivity index (χ1) is 6.24. The lowest BCUT2D eigenvalue weighted by Crippen LogP contribution is -2.34. The van der Waals surface area contributed by atoms with E-state index in [0.29, 0.717) is 6.04 Å². The second-order valence-electron chi connectivity index (χ2n) is 3.57. The Morgan fingerprint density at radius 3 is 2.38 bits per heavy atom. The lowest BCUT2D eigenvalue weighted by atomic mass is 10.1. The zero-order chi connectivity index (χ0) is 9.68. The van der Waals surface area contributed by atoms with Gasteiger partial charge in [-0.05, 0) is 32.3 Å². The molecule has 0 spiro atoms. The standard InChI is InChI=1S/C11H18NO/c1-10(2)12-7-5-11(6-8-12)4-3-9-13/h5-8,10,13H,3-4,9H2,1-2H3/q+1. The first-order valence-corrected chi connectivity index (χ1v) is 4.84. The topological polar surface area (TPSA) is 24.1 Å². The first kappa shape index (κ1) is 10.2. The third kappa shape index (κ3) is 3.15. The molecular weight excluding hydrogens is 162 g/mol. The highest BCUT2D eigenvalue weighted by Crippen LogP contribution is 2.00. The van der Waals surface area contributed by atoms with Gasteiger partial charge in [-0.25, -0.2) is 4.57 Å². The molecule has 72 valence electrons. The van der Waals surface area contributed by atoms with E-state index < -0.39 is 0 Å². The summed E-state index contributed by atoms with van der Waals surface area (Å²) in [6, 6.07) is 4.76. The summed E-state index contributed by atoms with van der Waals surface area (Å²) in [4.78, 5) is 0. The smallest absolute Gasteiger partial charge is 0.169 e. The summed E-state index contributed by atoms with van der Waals surface area (Å²) in [5.41, 5.74) is 1.30. The Kier molecular flexibility index (Phi) is 3.90. The van der Waals surface area contributed by atoms with Gasteiger partial charge in [0.25, 0.3) is 0 Å². The fourth-order valence-corrected chi connectivity index (χ4v) is 1.26. The molecule has 0 aromatic carbocycles. The zero-order valence-corrected chi connectivity index (χ0v) is 8.40. The Morgan fingerprint density at radius 2 is 1.92 bits per heavy atom. The van der Waals surface area contributed by atoms with Gasteiger partial charge in [0.2, 0.25) is 0 Å². The van der Waals surface area contributed by atoms with E-state index in [9.17, 15) is 0 Å². The van der Waals surface area contributed by atoms with Crippen molar-refractivity contribution in [3.63, 3.8) is 0 Å². The molecule has 0 atom stereocenters. The molecular formula is C11H18NO+. The van der Waals surface area contributed by atoms with Crippen molar-refractivity contribution in [1.82, 2.24) is 0 Å². The van der Waals surface area contributed by atoms with Crippen LogP contribution in [0.25, 0.3) is 0 Å². The number of aliphatic hydroxyl groups excluding tert-OH is 1. The molecule has 2 heteroatoms. The van der Waals surface area contributed by atoms with Crippen LogP contribution < -0.4 is 4.57 Å². The van der Waals surface area contributed by atoms with Crippen LogP contribution in [0.2, 0.25) is 0 Å². The van der Waals surface area contributed by atoms with Crippen molar-refractivity contribution in [3.8, 4) is 0 Å². The Labute approximate surface area is 79.8 Å². The maximum absolute atomic E-state index is 8.67. The van der Waals surface area contributed by atoms with Crippen molar-refractivity contribution in [2.45, 2.75) is 32.7 Å². The summed E-state index contributed by atoms with van der Waals surface area (Å²) >= 11 is 0. The van der Waals surface area contributed by atoms with Crippen LogP contribution in [0.4, 0.5) is 0 Å². The largest absolute Gasteiger partial charge is 0.396 e. The number of rotatable bonds is 4. The minimum atomic E-state index is 0.277. The fraction of sp³-hybridized carbons (Fsp3) is 0.545. The third-order valence-electron chi connectivity index (χ3n) is 2.14. The molecule has 0 saturated carbocycles. The predicted octanol–water partition coefficient (Wildman–Crippen LogP) is 1.48. The average Bonchev–Trinajstić information content (AvgIpc) is 2.15. The Morgan fingerprint density at radius 1 is 1.31 bits per heavy atom. The van der Waals surface area contributed by atoms with Crippen molar-refractivity contribution in [1.29, 1.82) is 0 Å². The number of hydrogen-bond acceptors (Lipinski definition) is 1. The SMILES string of the molecule is CC(C)[n+]1ccc(CCCO)cc1. The molecule has 1 aromatic rings. The number of hydrogen-bond donors (Lipinski definition) is 1. The summed E-state index contributed by atoms with van der Waals surface area (Å²) in [6.07, 6.45) is 6.01. The van der Waals surface area contributed by atoms with Crippen molar-refractivity contribution in [2.24, 2.45) is 0 Å². The van der Waals surface area contributed by atoms with E-state index >= 15 is 0 Å². The van der Waals surface area contributed by atoms with Crippen molar-refractivity contribution in [2.75, 3.05) is 6.61 Å². The molecule has 13 heavy (non-hydrogen) atoms. The van der Waals surface area contributed by atoms with Gasteiger partial charge in [-0.3, -0.25) is 0 Å². The molecule has 0 amide bonds. The summed E-state index contributed by atoms with van der Waals surface area (Å²) < 4.78 is 2.17. The van der Waals surface area contributed by atoms with Crippen LogP contribution in [0.15, 0.2) is 24.5 Å². The maximum Gasteiger partial charge on any atom is 0.169 e. The van der Waals surface area contributed by atoms with Crippen molar-refractivity contribution >= 4 is 0 Å². The van der Waals surface area contributed by atoms with E-state index in [1.54, 1.807) is 0 Å². The number of aryl methyl sites for hydroxylation is 1. The molecule has 1 rings (SSSR count). The van der Waals surface area contributed by atoms with Crippen LogP contribution in [0.3, 0.4) is 0 Å². The second-order valence-corrected chi connectivity index (χ2v) is 3.57. The third-order valence-corrected chi connectivity index (χ3v) is 2.14. The highest BCUT2D eigenvalue weighted by molar-refractivity contribution is 5.07. The van der Waals surface area contributed by atoms with E-state index in [0.717, 1.165) is 12.8 Å². The monoisotopic (exact) mass is 180 g/mol. The number of pyridine rings is 1. The van der Waals surface area contributed by atoms with Crippen LogP contribution in [0.5, 0.6) is 0 Å². The van der Waals surface area contributed by atoms with Crippen LogP contribution >= 0.6 is 0 Å². The van der Waals surface area contributed by atoms with E-state index in [4.69, 9.17) is 5.11 Å². The highest BCUT2D eigenvalue weighted by Gasteiger charge is 2.04. The molecule has 0 aliphatic heterocycles. The van der Waals surface area contributed by atoms with Gasteiger partial charge in [0, 0.05) is 18.7 Å². The van der Waals surface area contributed by atoms with Gasteiger partial charge >= 0.3 is 0 Å². The summed E-state index contributed by atoms with van der Waals surface area (Å²) in [5, 5.41) is 8.67. The Bertz CT molecular complexity index is 241. The van der Waals surface area contributed by atoms with Gasteiger partial charge in [0.1, 0.15) is 0 Å². The van der Waals surface area contributed by atoms with E-state index in [1.807, 2.05) is 0 Å². The van der Waals surface area contributed by atoms with Crippen LogP contribution in [-0.4, -0.2) is 11.7 Å². The van der Waals surface area contributed by atoms with Crippen LogP contribution in [0, 0.1) is 0 Å². The van der Waals surface area contributed by atoms with Gasteiger partial charge in [-0.2, -0.15) is 0 Å². The van der Waals surface area contributed by atoms with Crippen molar-refractivity contribution < 1.29 is 9.67 Å². The zero-order valence-electron chi connectivity index (χ0n) is 8.40. The van der Waals surface area contributed by atoms with Gasteiger partial charge < -0.3 is 5.11 Å². The molecule has 1 N–H and O–H groups in total. The van der Waals surface area contributed by atoms with Crippen LogP contribution in [-0.2, 0) is 6.42 Å². The highest BCUT2D eigenvalue weighted by atomic mass is 16.2.